The van der Waals surface area contributed by atoms with Crippen LogP contribution in [0.4, 0.5) is 0 Å². The number of carbonyl (C=O) groups excluding carboxylic acids is 1. The number of Topliss-reactive ketones (excluding diaryl/α,β-unsaturated/α-hetero) is 1. The van der Waals surface area contributed by atoms with E-state index < -0.39 is 5.97 Å². The highest BCUT2D eigenvalue weighted by Crippen LogP contribution is 2.21. The highest BCUT2D eigenvalue weighted by molar-refractivity contribution is 7.12. The molecule has 2 rings (SSSR count). The molecule has 1 aromatic heterocycles. The Balaban J connectivity index is 2.04. The van der Waals surface area contributed by atoms with Crippen molar-refractivity contribution < 1.29 is 14.7 Å². The standard InChI is InChI=1S/C12H15NO3S/c1-8-6-13(4-2-10(8)14)7-9-3-5-17-11(9)12(15)16/h3,5,8H,2,4,6-7H2,1H3,(H,15,16). The smallest absolute Gasteiger partial charge is 0.346 e. The van der Waals surface area contributed by atoms with Crippen LogP contribution in [-0.4, -0.2) is 34.8 Å². The molecule has 1 atom stereocenters. The third kappa shape index (κ3) is 2.73. The summed E-state index contributed by atoms with van der Waals surface area (Å²) in [5.41, 5.74) is 0.851. The van der Waals surface area contributed by atoms with Crippen LogP contribution in [0, 0.1) is 5.92 Å². The lowest BCUT2D eigenvalue weighted by molar-refractivity contribution is -0.125. The van der Waals surface area contributed by atoms with Crippen LogP contribution in [0.5, 0.6) is 0 Å². The molecule has 0 radical (unpaired) electrons. The highest BCUT2D eigenvalue weighted by Gasteiger charge is 2.24. The zero-order valence-electron chi connectivity index (χ0n) is 9.68. The minimum Gasteiger partial charge on any atom is -0.477 e. The van der Waals surface area contributed by atoms with Crippen molar-refractivity contribution in [1.29, 1.82) is 0 Å². The Bertz CT molecular complexity index is 441. The molecule has 1 saturated heterocycles. The number of likely N-dealkylation sites (tertiary alicyclic amines) is 1. The molecule has 1 fully saturated rings. The molecule has 0 aliphatic carbocycles. The van der Waals surface area contributed by atoms with Crippen LogP contribution in [0.1, 0.15) is 28.6 Å². The van der Waals surface area contributed by atoms with E-state index in [-0.39, 0.29) is 5.92 Å². The number of rotatable bonds is 3. The van der Waals surface area contributed by atoms with Gasteiger partial charge in [-0.25, -0.2) is 4.79 Å². The molecule has 1 N–H and O–H groups in total. The molecule has 4 nitrogen and oxygen atoms in total. The first kappa shape index (κ1) is 12.3. The van der Waals surface area contributed by atoms with E-state index in [0.717, 1.165) is 18.7 Å². The Morgan fingerprint density at radius 3 is 3.06 bits per heavy atom. The van der Waals surface area contributed by atoms with Gasteiger partial charge in [-0.1, -0.05) is 6.92 Å². The summed E-state index contributed by atoms with van der Waals surface area (Å²) >= 11 is 1.25. The minimum atomic E-state index is -0.865. The number of hydrogen-bond acceptors (Lipinski definition) is 4. The Morgan fingerprint density at radius 2 is 2.41 bits per heavy atom. The van der Waals surface area contributed by atoms with Crippen molar-refractivity contribution >= 4 is 23.1 Å². The monoisotopic (exact) mass is 253 g/mol. The van der Waals surface area contributed by atoms with Crippen molar-refractivity contribution in [2.24, 2.45) is 5.92 Å². The van der Waals surface area contributed by atoms with Crippen LogP contribution in [0.15, 0.2) is 11.4 Å². The van der Waals surface area contributed by atoms with Gasteiger partial charge in [-0.05, 0) is 17.0 Å². The average Bonchev–Trinajstić information content (AvgIpc) is 2.72. The third-order valence-corrected chi connectivity index (χ3v) is 4.04. The van der Waals surface area contributed by atoms with Crippen LogP contribution in [-0.2, 0) is 11.3 Å². The minimum absolute atomic E-state index is 0.0654. The molecule has 17 heavy (non-hydrogen) atoms. The van der Waals surface area contributed by atoms with Gasteiger partial charge in [0, 0.05) is 32.0 Å². The summed E-state index contributed by atoms with van der Waals surface area (Å²) in [6.45, 7) is 4.02. The molecule has 1 aromatic rings. The van der Waals surface area contributed by atoms with Gasteiger partial charge in [0.25, 0.3) is 0 Å². The van der Waals surface area contributed by atoms with Crippen molar-refractivity contribution in [2.75, 3.05) is 13.1 Å². The third-order valence-electron chi connectivity index (χ3n) is 3.09. The van der Waals surface area contributed by atoms with E-state index in [4.69, 9.17) is 5.11 Å². The van der Waals surface area contributed by atoms with Gasteiger partial charge in [-0.3, -0.25) is 9.69 Å². The second-order valence-corrected chi connectivity index (χ2v) is 5.35. The Kier molecular flexibility index (Phi) is 3.59. The fraction of sp³-hybridized carbons (Fsp3) is 0.500. The first-order valence-corrected chi connectivity index (χ1v) is 6.50. The molecule has 0 saturated carbocycles. The predicted molar refractivity (Wildman–Crippen MR) is 65.3 cm³/mol. The SMILES string of the molecule is CC1CN(Cc2ccsc2C(=O)O)CCC1=O. The summed E-state index contributed by atoms with van der Waals surface area (Å²) in [4.78, 5) is 24.9. The van der Waals surface area contributed by atoms with E-state index in [0.29, 0.717) is 23.6 Å². The summed E-state index contributed by atoms with van der Waals surface area (Å²) < 4.78 is 0. The van der Waals surface area contributed by atoms with E-state index in [1.165, 1.54) is 11.3 Å². The second kappa shape index (κ2) is 4.98. The highest BCUT2D eigenvalue weighted by atomic mass is 32.1. The van der Waals surface area contributed by atoms with E-state index in [1.54, 1.807) is 5.38 Å². The maximum absolute atomic E-state index is 11.4. The summed E-state index contributed by atoms with van der Waals surface area (Å²) in [6, 6.07) is 1.86. The van der Waals surface area contributed by atoms with E-state index in [2.05, 4.69) is 4.90 Å². The number of carboxylic acid groups (broad SMARTS) is 1. The molecule has 0 spiro atoms. The summed E-state index contributed by atoms with van der Waals surface area (Å²) in [7, 11) is 0. The molecule has 1 aliphatic heterocycles. The Morgan fingerprint density at radius 1 is 1.65 bits per heavy atom. The Labute approximate surface area is 104 Å². The second-order valence-electron chi connectivity index (χ2n) is 4.43. The van der Waals surface area contributed by atoms with Crippen molar-refractivity contribution in [3.8, 4) is 0 Å². The first-order valence-electron chi connectivity index (χ1n) is 5.62. The lowest BCUT2D eigenvalue weighted by Crippen LogP contribution is -2.39. The lowest BCUT2D eigenvalue weighted by Gasteiger charge is -2.29. The molecule has 1 aliphatic rings. The van der Waals surface area contributed by atoms with E-state index in [9.17, 15) is 9.59 Å². The largest absolute Gasteiger partial charge is 0.477 e. The summed E-state index contributed by atoms with van der Waals surface area (Å²) in [5.74, 6) is -0.489. The normalized spacial score (nSPS) is 21.7. The molecule has 1 unspecified atom stereocenters. The van der Waals surface area contributed by atoms with E-state index >= 15 is 0 Å². The molecule has 0 amide bonds. The maximum atomic E-state index is 11.4. The molecule has 0 bridgehead atoms. The fourth-order valence-electron chi connectivity index (χ4n) is 2.13. The quantitative estimate of drug-likeness (QED) is 0.893. The Hall–Kier alpha value is -1.20. The lowest BCUT2D eigenvalue weighted by atomic mass is 9.98. The predicted octanol–water partition coefficient (Wildman–Crippen LogP) is 1.86. The van der Waals surface area contributed by atoms with E-state index in [1.807, 2.05) is 13.0 Å². The van der Waals surface area contributed by atoms with Gasteiger partial charge in [-0.15, -0.1) is 11.3 Å². The van der Waals surface area contributed by atoms with Gasteiger partial charge in [0.1, 0.15) is 10.7 Å². The summed E-state index contributed by atoms with van der Waals surface area (Å²) in [6.07, 6.45) is 0.577. The number of aromatic carboxylic acids is 1. The van der Waals surface area contributed by atoms with Gasteiger partial charge >= 0.3 is 5.97 Å². The number of nitrogens with zero attached hydrogens (tertiary/aromatic N) is 1. The van der Waals surface area contributed by atoms with Gasteiger partial charge in [0.2, 0.25) is 0 Å². The molecular formula is C12H15NO3S. The van der Waals surface area contributed by atoms with Crippen molar-refractivity contribution in [1.82, 2.24) is 4.90 Å². The van der Waals surface area contributed by atoms with Crippen LogP contribution in [0.3, 0.4) is 0 Å². The van der Waals surface area contributed by atoms with Crippen LogP contribution in [0.25, 0.3) is 0 Å². The average molecular weight is 253 g/mol. The van der Waals surface area contributed by atoms with Gasteiger partial charge < -0.3 is 5.11 Å². The van der Waals surface area contributed by atoms with Gasteiger partial charge in [0.05, 0.1) is 0 Å². The zero-order valence-corrected chi connectivity index (χ0v) is 10.5. The number of carbonyl (C=O) groups is 2. The summed E-state index contributed by atoms with van der Waals surface area (Å²) in [5, 5.41) is 10.8. The number of ketones is 1. The zero-order chi connectivity index (χ0) is 12.4. The maximum Gasteiger partial charge on any atom is 0.346 e. The van der Waals surface area contributed by atoms with Crippen LogP contribution in [0.2, 0.25) is 0 Å². The van der Waals surface area contributed by atoms with Crippen LogP contribution >= 0.6 is 11.3 Å². The van der Waals surface area contributed by atoms with Gasteiger partial charge in [0.15, 0.2) is 0 Å². The molecular weight excluding hydrogens is 238 g/mol. The van der Waals surface area contributed by atoms with Crippen molar-refractivity contribution in [2.45, 2.75) is 19.9 Å². The molecule has 92 valence electrons. The number of hydrogen-bond donors (Lipinski definition) is 1. The molecule has 5 heteroatoms. The van der Waals surface area contributed by atoms with Crippen molar-refractivity contribution in [3.63, 3.8) is 0 Å². The number of thiophene rings is 1. The van der Waals surface area contributed by atoms with Crippen LogP contribution < -0.4 is 0 Å². The van der Waals surface area contributed by atoms with Gasteiger partial charge in [-0.2, -0.15) is 0 Å². The first-order chi connectivity index (χ1) is 8.08. The number of carboxylic acids is 1. The fourth-order valence-corrected chi connectivity index (χ4v) is 2.88. The topological polar surface area (TPSA) is 57.6 Å². The molecule has 2 heterocycles. The van der Waals surface area contributed by atoms with Crippen molar-refractivity contribution in [3.05, 3.63) is 21.9 Å². The molecule has 0 aromatic carbocycles. The number of piperidine rings is 1.